The fourth-order valence-electron chi connectivity index (χ4n) is 1.98. The number of hydrogen-bond acceptors (Lipinski definition) is 3. The van der Waals surface area contributed by atoms with E-state index in [0.717, 1.165) is 17.0 Å². The molecule has 0 saturated heterocycles. The smallest absolute Gasteiger partial charge is 0.130 e. The average Bonchev–Trinajstić information content (AvgIpc) is 2.44. The number of nitrogens with one attached hydrogen (secondary N) is 1. The van der Waals surface area contributed by atoms with Crippen LogP contribution in [0.4, 0.5) is 4.39 Å². The van der Waals surface area contributed by atoms with Crippen LogP contribution in [0.2, 0.25) is 0 Å². The normalized spacial score (nSPS) is 12.2. The van der Waals surface area contributed by atoms with Crippen LogP contribution in [0.3, 0.4) is 0 Å². The molecule has 3 nitrogen and oxygen atoms in total. The predicted molar refractivity (Wildman–Crippen MR) is 77.2 cm³/mol. The highest BCUT2D eigenvalue weighted by Crippen LogP contribution is 2.26. The van der Waals surface area contributed by atoms with Crippen LogP contribution in [-0.2, 0) is 6.61 Å². The van der Waals surface area contributed by atoms with Gasteiger partial charge in [0.2, 0.25) is 0 Å². The predicted octanol–water partition coefficient (Wildman–Crippen LogP) is 3.39. The van der Waals surface area contributed by atoms with Gasteiger partial charge in [0.15, 0.2) is 0 Å². The number of nitrogens with zero attached hydrogens (tertiary/aromatic N) is 1. The zero-order valence-corrected chi connectivity index (χ0v) is 12.0. The highest BCUT2D eigenvalue weighted by molar-refractivity contribution is 5.36. The molecule has 1 aromatic carbocycles. The van der Waals surface area contributed by atoms with E-state index in [1.54, 1.807) is 6.07 Å². The van der Waals surface area contributed by atoms with Crippen LogP contribution in [0.15, 0.2) is 36.4 Å². The van der Waals surface area contributed by atoms with Crippen LogP contribution in [0.25, 0.3) is 0 Å². The lowest BCUT2D eigenvalue weighted by Gasteiger charge is -2.16. The van der Waals surface area contributed by atoms with Crippen LogP contribution in [0.1, 0.15) is 29.9 Å². The zero-order chi connectivity index (χ0) is 14.5. The van der Waals surface area contributed by atoms with E-state index in [4.69, 9.17) is 4.74 Å². The third-order valence-corrected chi connectivity index (χ3v) is 3.20. The molecule has 1 N–H and O–H groups in total. The monoisotopic (exact) mass is 274 g/mol. The summed E-state index contributed by atoms with van der Waals surface area (Å²) in [6.45, 7) is 4.26. The maximum atomic E-state index is 13.4. The topological polar surface area (TPSA) is 34.1 Å². The van der Waals surface area contributed by atoms with Crippen LogP contribution < -0.4 is 10.1 Å². The average molecular weight is 274 g/mol. The number of rotatable bonds is 5. The van der Waals surface area contributed by atoms with Crippen molar-refractivity contribution in [1.82, 2.24) is 10.3 Å². The van der Waals surface area contributed by atoms with Crippen molar-refractivity contribution in [1.29, 1.82) is 0 Å². The number of aryl methyl sites for hydroxylation is 1. The van der Waals surface area contributed by atoms with E-state index in [1.165, 1.54) is 12.1 Å². The first-order chi connectivity index (χ1) is 9.60. The molecule has 2 aromatic rings. The summed E-state index contributed by atoms with van der Waals surface area (Å²) in [5, 5.41) is 3.13. The lowest BCUT2D eigenvalue weighted by atomic mass is 10.1. The first kappa shape index (κ1) is 14.5. The van der Waals surface area contributed by atoms with Gasteiger partial charge in [0.25, 0.3) is 0 Å². The Morgan fingerprint density at radius 1 is 1.30 bits per heavy atom. The van der Waals surface area contributed by atoms with E-state index in [-0.39, 0.29) is 11.9 Å². The summed E-state index contributed by atoms with van der Waals surface area (Å²) in [6.07, 6.45) is 0. The fourth-order valence-corrected chi connectivity index (χ4v) is 1.98. The minimum atomic E-state index is -0.302. The summed E-state index contributed by atoms with van der Waals surface area (Å²) < 4.78 is 19.1. The minimum Gasteiger partial charge on any atom is -0.487 e. The molecule has 0 aliphatic heterocycles. The highest BCUT2D eigenvalue weighted by Gasteiger charge is 2.11. The lowest BCUT2D eigenvalue weighted by Crippen LogP contribution is -2.14. The molecule has 0 spiro atoms. The Morgan fingerprint density at radius 2 is 2.10 bits per heavy atom. The number of ether oxygens (including phenoxy) is 1. The van der Waals surface area contributed by atoms with Gasteiger partial charge in [0, 0.05) is 23.4 Å². The van der Waals surface area contributed by atoms with E-state index < -0.39 is 0 Å². The maximum Gasteiger partial charge on any atom is 0.130 e. The summed E-state index contributed by atoms with van der Waals surface area (Å²) in [5.74, 6) is 0.249. The van der Waals surface area contributed by atoms with E-state index in [0.29, 0.717) is 12.4 Å². The minimum absolute atomic E-state index is 0.0936. The molecule has 0 amide bonds. The van der Waals surface area contributed by atoms with Gasteiger partial charge in [0.1, 0.15) is 18.2 Å². The molecule has 0 radical (unpaired) electrons. The summed E-state index contributed by atoms with van der Waals surface area (Å²) in [5.41, 5.74) is 2.70. The number of halogens is 1. The number of benzene rings is 1. The standard InChI is InChI=1S/C16H19FN2O/c1-11-5-4-6-14(19-11)10-20-16-9-13(17)7-8-15(16)12(2)18-3/h4-9,12,18H,10H2,1-3H3. The van der Waals surface area contributed by atoms with Gasteiger partial charge in [-0.05, 0) is 39.1 Å². The van der Waals surface area contributed by atoms with Gasteiger partial charge in [0.05, 0.1) is 5.69 Å². The van der Waals surface area contributed by atoms with Gasteiger partial charge in [-0.3, -0.25) is 4.98 Å². The Kier molecular flexibility index (Phi) is 4.69. The van der Waals surface area contributed by atoms with Crippen LogP contribution in [0, 0.1) is 12.7 Å². The molecule has 0 bridgehead atoms. The Bertz CT molecular complexity index is 586. The van der Waals surface area contributed by atoms with E-state index in [2.05, 4.69) is 10.3 Å². The maximum absolute atomic E-state index is 13.4. The van der Waals surface area contributed by atoms with Crippen molar-refractivity contribution in [2.45, 2.75) is 26.5 Å². The van der Waals surface area contributed by atoms with Crippen molar-refractivity contribution in [3.63, 3.8) is 0 Å². The van der Waals surface area contributed by atoms with E-state index in [9.17, 15) is 4.39 Å². The first-order valence-corrected chi connectivity index (χ1v) is 6.62. The second-order valence-electron chi connectivity index (χ2n) is 4.75. The molecule has 1 atom stereocenters. The summed E-state index contributed by atoms with van der Waals surface area (Å²) in [7, 11) is 1.86. The highest BCUT2D eigenvalue weighted by atomic mass is 19.1. The molecular weight excluding hydrogens is 255 g/mol. The molecule has 106 valence electrons. The number of hydrogen-bond donors (Lipinski definition) is 1. The Hall–Kier alpha value is -1.94. The molecule has 1 unspecified atom stereocenters. The second-order valence-corrected chi connectivity index (χ2v) is 4.75. The van der Waals surface area contributed by atoms with E-state index in [1.807, 2.05) is 39.1 Å². The van der Waals surface area contributed by atoms with Gasteiger partial charge in [-0.2, -0.15) is 0 Å². The summed E-state index contributed by atoms with van der Waals surface area (Å²) >= 11 is 0. The van der Waals surface area contributed by atoms with Crippen LogP contribution >= 0.6 is 0 Å². The number of aromatic nitrogens is 1. The third kappa shape index (κ3) is 3.54. The molecule has 1 aromatic heterocycles. The fraction of sp³-hybridized carbons (Fsp3) is 0.312. The van der Waals surface area contributed by atoms with Crippen molar-refractivity contribution in [2.75, 3.05) is 7.05 Å². The second kappa shape index (κ2) is 6.48. The lowest BCUT2D eigenvalue weighted by molar-refractivity contribution is 0.293. The van der Waals surface area contributed by atoms with Crippen molar-refractivity contribution in [3.8, 4) is 5.75 Å². The Labute approximate surface area is 118 Å². The number of pyridine rings is 1. The third-order valence-electron chi connectivity index (χ3n) is 3.20. The molecule has 0 fully saturated rings. The molecular formula is C16H19FN2O. The molecule has 2 rings (SSSR count). The van der Waals surface area contributed by atoms with Crippen molar-refractivity contribution in [3.05, 3.63) is 59.2 Å². The van der Waals surface area contributed by atoms with Gasteiger partial charge in [-0.25, -0.2) is 4.39 Å². The Morgan fingerprint density at radius 3 is 2.80 bits per heavy atom. The first-order valence-electron chi connectivity index (χ1n) is 6.62. The molecule has 0 saturated carbocycles. The molecule has 0 aliphatic carbocycles. The molecule has 4 heteroatoms. The Balaban J connectivity index is 2.18. The van der Waals surface area contributed by atoms with Crippen molar-refractivity contribution >= 4 is 0 Å². The summed E-state index contributed by atoms with van der Waals surface area (Å²) in [6, 6.07) is 10.5. The van der Waals surface area contributed by atoms with Crippen LogP contribution in [0.5, 0.6) is 5.75 Å². The van der Waals surface area contributed by atoms with Crippen LogP contribution in [-0.4, -0.2) is 12.0 Å². The van der Waals surface area contributed by atoms with E-state index >= 15 is 0 Å². The molecule has 20 heavy (non-hydrogen) atoms. The van der Waals surface area contributed by atoms with Gasteiger partial charge < -0.3 is 10.1 Å². The van der Waals surface area contributed by atoms with Crippen molar-refractivity contribution < 1.29 is 9.13 Å². The molecule has 0 aliphatic rings. The largest absolute Gasteiger partial charge is 0.487 e. The quantitative estimate of drug-likeness (QED) is 0.907. The van der Waals surface area contributed by atoms with Gasteiger partial charge in [-0.1, -0.05) is 12.1 Å². The zero-order valence-electron chi connectivity index (χ0n) is 12.0. The summed E-state index contributed by atoms with van der Waals surface area (Å²) in [4.78, 5) is 4.37. The van der Waals surface area contributed by atoms with Crippen molar-refractivity contribution in [2.24, 2.45) is 0 Å². The SMILES string of the molecule is CNC(C)c1ccc(F)cc1OCc1cccc(C)n1. The van der Waals surface area contributed by atoms with Gasteiger partial charge in [-0.15, -0.1) is 0 Å². The molecule has 1 heterocycles. The van der Waals surface area contributed by atoms with Gasteiger partial charge >= 0.3 is 0 Å².